The van der Waals surface area contributed by atoms with Crippen LogP contribution < -0.4 is 5.32 Å². The second-order valence-electron chi connectivity index (χ2n) is 4.62. The van der Waals surface area contributed by atoms with Crippen molar-refractivity contribution in [2.24, 2.45) is 5.92 Å². The van der Waals surface area contributed by atoms with Crippen molar-refractivity contribution in [3.8, 4) is 0 Å². The molecule has 1 saturated heterocycles. The van der Waals surface area contributed by atoms with Crippen LogP contribution in [0.15, 0.2) is 37.0 Å². The number of piperidine rings is 1. The first kappa shape index (κ1) is 15.9. The number of nitrogens with zero attached hydrogens (tertiary/aromatic N) is 1. The molecule has 0 aromatic carbocycles. The van der Waals surface area contributed by atoms with Crippen LogP contribution in [0.4, 0.5) is 0 Å². The van der Waals surface area contributed by atoms with Gasteiger partial charge in [0.1, 0.15) is 5.78 Å². The van der Waals surface area contributed by atoms with Crippen molar-refractivity contribution in [3.05, 3.63) is 37.0 Å². The van der Waals surface area contributed by atoms with Gasteiger partial charge in [-0.15, -0.1) is 0 Å². The second kappa shape index (κ2) is 7.43. The Morgan fingerprint density at radius 3 is 2.70 bits per heavy atom. The Morgan fingerprint density at radius 1 is 1.45 bits per heavy atom. The van der Waals surface area contributed by atoms with Crippen molar-refractivity contribution in [1.29, 1.82) is 0 Å². The summed E-state index contributed by atoms with van der Waals surface area (Å²) in [7, 11) is 0. The van der Waals surface area contributed by atoms with Crippen LogP contribution in [0, 0.1) is 5.92 Å². The van der Waals surface area contributed by atoms with E-state index >= 15 is 0 Å². The quantitative estimate of drug-likeness (QED) is 0.757. The average Bonchev–Trinajstić information content (AvgIpc) is 2.43. The molecule has 0 aromatic rings. The zero-order valence-electron chi connectivity index (χ0n) is 11.7. The predicted molar refractivity (Wildman–Crippen MR) is 76.9 cm³/mol. The lowest BCUT2D eigenvalue weighted by Crippen LogP contribution is -2.47. The van der Waals surface area contributed by atoms with Crippen LogP contribution in [0.5, 0.6) is 0 Å². The maximum Gasteiger partial charge on any atom is 0.242 e. The number of hydrogen-bond acceptors (Lipinski definition) is 3. The lowest BCUT2D eigenvalue weighted by molar-refractivity contribution is -0.137. The molecule has 1 N–H and O–H groups in total. The standard InChI is InChI=1S/C15H20N2O3/c1-4-6-12(5-2)13-10-17(8-7-14(13)19)15(20)9-16-11(3)18/h4-6,13H,1-2,7-10H2,3H3,(H,16,18)/b12-6+. The summed E-state index contributed by atoms with van der Waals surface area (Å²) in [4.78, 5) is 36.3. The fourth-order valence-corrected chi connectivity index (χ4v) is 2.13. The molecule has 1 aliphatic rings. The Balaban J connectivity index is 2.74. The van der Waals surface area contributed by atoms with Crippen LogP contribution in [0.3, 0.4) is 0 Å². The molecule has 1 heterocycles. The molecule has 0 spiro atoms. The number of carbonyl (C=O) groups is 3. The number of hydrogen-bond donors (Lipinski definition) is 1. The summed E-state index contributed by atoms with van der Waals surface area (Å²) in [6, 6.07) is 0. The van der Waals surface area contributed by atoms with E-state index in [2.05, 4.69) is 18.5 Å². The van der Waals surface area contributed by atoms with E-state index in [1.54, 1.807) is 23.1 Å². The first-order valence-corrected chi connectivity index (χ1v) is 6.49. The summed E-state index contributed by atoms with van der Waals surface area (Å²) < 4.78 is 0. The number of rotatable bonds is 5. The summed E-state index contributed by atoms with van der Waals surface area (Å²) in [6.45, 7) is 9.34. The van der Waals surface area contributed by atoms with Gasteiger partial charge in [0.25, 0.3) is 0 Å². The molecule has 108 valence electrons. The minimum atomic E-state index is -0.361. The van der Waals surface area contributed by atoms with Crippen LogP contribution in [-0.2, 0) is 14.4 Å². The van der Waals surface area contributed by atoms with Crippen molar-refractivity contribution < 1.29 is 14.4 Å². The molecule has 5 nitrogen and oxygen atoms in total. The molecule has 0 radical (unpaired) electrons. The van der Waals surface area contributed by atoms with Gasteiger partial charge in [0.2, 0.25) is 11.8 Å². The molecule has 1 rings (SSSR count). The lowest BCUT2D eigenvalue weighted by atomic mass is 9.88. The van der Waals surface area contributed by atoms with Crippen molar-refractivity contribution >= 4 is 17.6 Å². The van der Waals surface area contributed by atoms with Gasteiger partial charge in [-0.05, 0) is 5.57 Å². The van der Waals surface area contributed by atoms with Crippen LogP contribution in [0.2, 0.25) is 0 Å². The third-order valence-corrected chi connectivity index (χ3v) is 3.21. The highest BCUT2D eigenvalue weighted by atomic mass is 16.2. The van der Waals surface area contributed by atoms with Gasteiger partial charge < -0.3 is 10.2 Å². The fraction of sp³-hybridized carbons (Fsp3) is 0.400. The van der Waals surface area contributed by atoms with Gasteiger partial charge in [0, 0.05) is 26.4 Å². The molecule has 0 bridgehead atoms. The van der Waals surface area contributed by atoms with Crippen LogP contribution in [0.1, 0.15) is 13.3 Å². The Morgan fingerprint density at radius 2 is 2.15 bits per heavy atom. The third-order valence-electron chi connectivity index (χ3n) is 3.21. The summed E-state index contributed by atoms with van der Waals surface area (Å²) in [6.07, 6.45) is 5.27. The number of carbonyl (C=O) groups excluding carboxylic acids is 3. The zero-order valence-corrected chi connectivity index (χ0v) is 11.7. The highest BCUT2D eigenvalue weighted by molar-refractivity contribution is 5.89. The first-order chi connectivity index (χ1) is 9.49. The number of amides is 2. The minimum Gasteiger partial charge on any atom is -0.347 e. The lowest BCUT2D eigenvalue weighted by Gasteiger charge is -2.32. The molecule has 0 aromatic heterocycles. The summed E-state index contributed by atoms with van der Waals surface area (Å²) >= 11 is 0. The summed E-state index contributed by atoms with van der Waals surface area (Å²) in [5, 5.41) is 2.47. The first-order valence-electron chi connectivity index (χ1n) is 6.49. The highest BCUT2D eigenvalue weighted by Crippen LogP contribution is 2.21. The van der Waals surface area contributed by atoms with Gasteiger partial charge in [-0.3, -0.25) is 14.4 Å². The molecule has 0 saturated carbocycles. The SMILES string of the molecule is C=C/C=C(\C=C)C1CN(C(=O)CNC(C)=O)CCC1=O. The number of ketones is 1. The van der Waals surface area contributed by atoms with Gasteiger partial charge in [-0.2, -0.15) is 0 Å². The largest absolute Gasteiger partial charge is 0.347 e. The Hall–Kier alpha value is -2.17. The van der Waals surface area contributed by atoms with Crippen molar-refractivity contribution in [1.82, 2.24) is 10.2 Å². The molecule has 1 fully saturated rings. The Kier molecular flexibility index (Phi) is 5.90. The van der Waals surface area contributed by atoms with Crippen molar-refractivity contribution in [3.63, 3.8) is 0 Å². The number of Topliss-reactive ketones (excluding diaryl/α,β-unsaturated/α-hetero) is 1. The van der Waals surface area contributed by atoms with Crippen molar-refractivity contribution in [2.45, 2.75) is 13.3 Å². The molecule has 1 aliphatic heterocycles. The van der Waals surface area contributed by atoms with Gasteiger partial charge in [0.15, 0.2) is 0 Å². The van der Waals surface area contributed by atoms with E-state index in [1.165, 1.54) is 6.92 Å². The molecule has 20 heavy (non-hydrogen) atoms. The van der Waals surface area contributed by atoms with E-state index < -0.39 is 0 Å². The molecule has 0 aliphatic carbocycles. The van der Waals surface area contributed by atoms with Crippen LogP contribution in [-0.4, -0.2) is 42.1 Å². The second-order valence-corrected chi connectivity index (χ2v) is 4.62. The molecule has 2 amide bonds. The monoisotopic (exact) mass is 276 g/mol. The molecule has 1 unspecified atom stereocenters. The highest BCUT2D eigenvalue weighted by Gasteiger charge is 2.30. The number of likely N-dealkylation sites (tertiary alicyclic amines) is 1. The van der Waals surface area contributed by atoms with E-state index in [4.69, 9.17) is 0 Å². The van der Waals surface area contributed by atoms with E-state index in [-0.39, 0.29) is 30.1 Å². The topological polar surface area (TPSA) is 66.5 Å². The maximum atomic E-state index is 12.0. The van der Waals surface area contributed by atoms with Gasteiger partial charge in [-0.25, -0.2) is 0 Å². The van der Waals surface area contributed by atoms with Crippen molar-refractivity contribution in [2.75, 3.05) is 19.6 Å². The minimum absolute atomic E-state index is 0.0369. The normalized spacial score (nSPS) is 19.4. The zero-order chi connectivity index (χ0) is 15.1. The average molecular weight is 276 g/mol. The number of allylic oxidation sites excluding steroid dienone is 3. The van der Waals surface area contributed by atoms with Gasteiger partial charge in [-0.1, -0.05) is 31.4 Å². The fourth-order valence-electron chi connectivity index (χ4n) is 2.13. The molecular formula is C15H20N2O3. The van der Waals surface area contributed by atoms with E-state index in [1.807, 2.05) is 0 Å². The Labute approximate surface area is 119 Å². The molecule has 5 heteroatoms. The molecular weight excluding hydrogens is 256 g/mol. The molecule has 1 atom stereocenters. The summed E-state index contributed by atoms with van der Waals surface area (Å²) in [5.41, 5.74) is 0.766. The van der Waals surface area contributed by atoms with Crippen LogP contribution >= 0.6 is 0 Å². The summed E-state index contributed by atoms with van der Waals surface area (Å²) in [5.74, 6) is -0.692. The van der Waals surface area contributed by atoms with Gasteiger partial charge in [0.05, 0.1) is 12.5 Å². The van der Waals surface area contributed by atoms with E-state index in [9.17, 15) is 14.4 Å². The van der Waals surface area contributed by atoms with Gasteiger partial charge >= 0.3 is 0 Å². The smallest absolute Gasteiger partial charge is 0.242 e. The number of nitrogens with one attached hydrogen (secondary N) is 1. The van der Waals surface area contributed by atoms with E-state index in [0.29, 0.717) is 19.5 Å². The Bertz CT molecular complexity index is 466. The van der Waals surface area contributed by atoms with E-state index in [0.717, 1.165) is 5.57 Å². The third kappa shape index (κ3) is 4.19. The maximum absolute atomic E-state index is 12.0. The predicted octanol–water partition coefficient (Wildman–Crippen LogP) is 0.838. The van der Waals surface area contributed by atoms with Crippen LogP contribution in [0.25, 0.3) is 0 Å².